The normalized spacial score (nSPS) is 12.3. The Hall–Kier alpha value is -0.610. The predicted octanol–water partition coefficient (Wildman–Crippen LogP) is 0.820. The number of hydrogen-bond acceptors (Lipinski definition) is 4. The minimum atomic E-state index is -0.137. The van der Waals surface area contributed by atoms with Crippen LogP contribution in [0, 0.1) is 6.92 Å². The van der Waals surface area contributed by atoms with Crippen molar-refractivity contribution in [3.05, 3.63) is 11.7 Å². The molecule has 1 aromatic heterocycles. The fourth-order valence-electron chi connectivity index (χ4n) is 0.500. The number of halogens is 1. The van der Waals surface area contributed by atoms with Crippen LogP contribution < -0.4 is 5.73 Å². The number of nitrogens with two attached hydrogens (primary N) is 1. The van der Waals surface area contributed by atoms with Gasteiger partial charge in [0.15, 0.2) is 5.82 Å². The second-order valence-electron chi connectivity index (χ2n) is 1.96. The van der Waals surface area contributed by atoms with Gasteiger partial charge in [0.25, 0.3) is 0 Å². The summed E-state index contributed by atoms with van der Waals surface area (Å²) in [7, 11) is 0. The molecule has 1 aromatic rings. The first-order valence-corrected chi connectivity index (χ1v) is 2.76. The van der Waals surface area contributed by atoms with Crippen LogP contribution >= 0.6 is 12.4 Å². The van der Waals surface area contributed by atoms with Crippen LogP contribution in [0.25, 0.3) is 0 Å². The highest BCUT2D eigenvalue weighted by molar-refractivity contribution is 5.85. The van der Waals surface area contributed by atoms with Gasteiger partial charge in [-0.3, -0.25) is 0 Å². The summed E-state index contributed by atoms with van der Waals surface area (Å²) in [5.74, 6) is 1.12. The zero-order chi connectivity index (χ0) is 6.85. The van der Waals surface area contributed by atoms with Crippen LogP contribution in [-0.2, 0) is 0 Å². The van der Waals surface area contributed by atoms with Crippen molar-refractivity contribution in [2.24, 2.45) is 5.73 Å². The van der Waals surface area contributed by atoms with Gasteiger partial charge in [-0.15, -0.1) is 12.4 Å². The van der Waals surface area contributed by atoms with Gasteiger partial charge in [0.05, 0.1) is 6.04 Å². The van der Waals surface area contributed by atoms with Crippen LogP contribution in [0.2, 0.25) is 0 Å². The Morgan fingerprint density at radius 1 is 1.60 bits per heavy atom. The second kappa shape index (κ2) is 3.53. The van der Waals surface area contributed by atoms with Crippen molar-refractivity contribution in [3.63, 3.8) is 0 Å². The predicted molar refractivity (Wildman–Crippen MR) is 38.9 cm³/mol. The second-order valence-corrected chi connectivity index (χ2v) is 1.96. The summed E-state index contributed by atoms with van der Waals surface area (Å²) in [6, 6.07) is -0.137. The average molecular weight is 164 g/mol. The minimum absolute atomic E-state index is 0. The molecule has 0 aliphatic carbocycles. The molecule has 4 nitrogen and oxygen atoms in total. The van der Waals surface area contributed by atoms with Crippen molar-refractivity contribution in [2.75, 3.05) is 0 Å². The molecule has 2 N–H and O–H groups in total. The molecular formula is C5H10ClN3O. The van der Waals surface area contributed by atoms with E-state index in [9.17, 15) is 0 Å². The zero-order valence-electron chi connectivity index (χ0n) is 5.87. The highest BCUT2D eigenvalue weighted by Crippen LogP contribution is 2.02. The van der Waals surface area contributed by atoms with Gasteiger partial charge in [0, 0.05) is 6.92 Å². The fraction of sp³-hybridized carbons (Fsp3) is 0.600. The van der Waals surface area contributed by atoms with Crippen molar-refractivity contribution < 1.29 is 4.52 Å². The van der Waals surface area contributed by atoms with E-state index in [2.05, 4.69) is 14.7 Å². The molecule has 10 heavy (non-hydrogen) atoms. The Labute approximate surface area is 65.2 Å². The van der Waals surface area contributed by atoms with E-state index in [0.717, 1.165) is 0 Å². The van der Waals surface area contributed by atoms with E-state index in [4.69, 9.17) is 5.73 Å². The summed E-state index contributed by atoms with van der Waals surface area (Å²) in [5, 5.41) is 3.60. The molecule has 58 valence electrons. The molecule has 0 aliphatic rings. The van der Waals surface area contributed by atoms with Gasteiger partial charge in [-0.05, 0) is 6.92 Å². The average Bonchev–Trinajstić information content (AvgIpc) is 2.14. The molecule has 0 radical (unpaired) electrons. The zero-order valence-corrected chi connectivity index (χ0v) is 6.68. The molecule has 0 spiro atoms. The molecule has 0 saturated carbocycles. The summed E-state index contributed by atoms with van der Waals surface area (Å²) in [6.45, 7) is 3.54. The Kier molecular flexibility index (Phi) is 3.32. The maximum atomic E-state index is 5.44. The molecule has 0 aromatic carbocycles. The van der Waals surface area contributed by atoms with Crippen LogP contribution in [0.4, 0.5) is 0 Å². The molecule has 0 unspecified atom stereocenters. The summed E-state index contributed by atoms with van der Waals surface area (Å²) in [5.41, 5.74) is 5.44. The Morgan fingerprint density at radius 3 is 2.40 bits per heavy atom. The van der Waals surface area contributed by atoms with Gasteiger partial charge in [0.1, 0.15) is 0 Å². The first kappa shape index (κ1) is 9.39. The SMILES string of the molecule is Cc1nc([C@@H](C)N)no1.Cl. The summed E-state index contributed by atoms with van der Waals surface area (Å²) < 4.78 is 4.68. The van der Waals surface area contributed by atoms with Crippen LogP contribution in [0.15, 0.2) is 4.52 Å². The Morgan fingerprint density at radius 2 is 2.20 bits per heavy atom. The molecule has 0 saturated heterocycles. The molecule has 0 fully saturated rings. The number of nitrogens with zero attached hydrogens (tertiary/aromatic N) is 2. The van der Waals surface area contributed by atoms with E-state index in [1.54, 1.807) is 6.92 Å². The number of rotatable bonds is 1. The van der Waals surface area contributed by atoms with E-state index in [0.29, 0.717) is 11.7 Å². The lowest BCUT2D eigenvalue weighted by Crippen LogP contribution is -2.06. The summed E-state index contributed by atoms with van der Waals surface area (Å²) in [4.78, 5) is 3.91. The molecule has 5 heteroatoms. The number of aromatic nitrogens is 2. The lowest BCUT2D eigenvalue weighted by molar-refractivity contribution is 0.384. The van der Waals surface area contributed by atoms with Crippen molar-refractivity contribution >= 4 is 12.4 Å². The standard InChI is InChI=1S/C5H9N3O.ClH/c1-3(6)5-7-4(2)9-8-5;/h3H,6H2,1-2H3;1H/t3-;/m1./s1. The van der Waals surface area contributed by atoms with Crippen LogP contribution in [0.1, 0.15) is 24.7 Å². The molecular weight excluding hydrogens is 154 g/mol. The quantitative estimate of drug-likeness (QED) is 0.666. The van der Waals surface area contributed by atoms with Gasteiger partial charge in [-0.1, -0.05) is 5.16 Å². The third-order valence-electron chi connectivity index (χ3n) is 0.951. The van der Waals surface area contributed by atoms with Crippen molar-refractivity contribution in [1.82, 2.24) is 10.1 Å². The lowest BCUT2D eigenvalue weighted by Gasteiger charge is -1.91. The van der Waals surface area contributed by atoms with E-state index in [1.165, 1.54) is 0 Å². The van der Waals surface area contributed by atoms with Crippen LogP contribution in [0.5, 0.6) is 0 Å². The first-order valence-electron chi connectivity index (χ1n) is 2.76. The highest BCUT2D eigenvalue weighted by Gasteiger charge is 2.05. The molecule has 1 atom stereocenters. The summed E-state index contributed by atoms with van der Waals surface area (Å²) in [6.07, 6.45) is 0. The molecule has 0 bridgehead atoms. The topological polar surface area (TPSA) is 64.9 Å². The largest absolute Gasteiger partial charge is 0.340 e. The maximum absolute atomic E-state index is 5.44. The number of aryl methyl sites for hydroxylation is 1. The third-order valence-corrected chi connectivity index (χ3v) is 0.951. The molecule has 1 heterocycles. The lowest BCUT2D eigenvalue weighted by atomic mass is 10.3. The smallest absolute Gasteiger partial charge is 0.223 e. The van der Waals surface area contributed by atoms with Gasteiger partial charge < -0.3 is 10.3 Å². The van der Waals surface area contributed by atoms with Crippen molar-refractivity contribution in [2.45, 2.75) is 19.9 Å². The van der Waals surface area contributed by atoms with Crippen LogP contribution in [0.3, 0.4) is 0 Å². The molecule has 0 aliphatic heterocycles. The molecule has 1 rings (SSSR count). The minimum Gasteiger partial charge on any atom is -0.340 e. The first-order chi connectivity index (χ1) is 4.20. The van der Waals surface area contributed by atoms with E-state index < -0.39 is 0 Å². The maximum Gasteiger partial charge on any atom is 0.223 e. The fourth-order valence-corrected chi connectivity index (χ4v) is 0.500. The van der Waals surface area contributed by atoms with E-state index in [-0.39, 0.29) is 18.4 Å². The van der Waals surface area contributed by atoms with E-state index in [1.807, 2.05) is 6.92 Å². The summed E-state index contributed by atoms with van der Waals surface area (Å²) >= 11 is 0. The van der Waals surface area contributed by atoms with Gasteiger partial charge >= 0.3 is 0 Å². The van der Waals surface area contributed by atoms with Crippen molar-refractivity contribution in [1.29, 1.82) is 0 Å². The van der Waals surface area contributed by atoms with Crippen LogP contribution in [-0.4, -0.2) is 10.1 Å². The monoisotopic (exact) mass is 163 g/mol. The number of hydrogen-bond donors (Lipinski definition) is 1. The van der Waals surface area contributed by atoms with Gasteiger partial charge in [-0.25, -0.2) is 0 Å². The van der Waals surface area contributed by atoms with E-state index >= 15 is 0 Å². The Balaban J connectivity index is 0.000000810. The third kappa shape index (κ3) is 1.97. The molecule has 0 amide bonds. The van der Waals surface area contributed by atoms with Gasteiger partial charge in [-0.2, -0.15) is 4.98 Å². The highest BCUT2D eigenvalue weighted by atomic mass is 35.5. The Bertz CT molecular complexity index is 199. The van der Waals surface area contributed by atoms with Gasteiger partial charge in [0.2, 0.25) is 5.89 Å². The van der Waals surface area contributed by atoms with Crippen molar-refractivity contribution in [3.8, 4) is 0 Å².